The van der Waals surface area contributed by atoms with Crippen LogP contribution in [0.3, 0.4) is 0 Å². The summed E-state index contributed by atoms with van der Waals surface area (Å²) >= 11 is 13.6. The van der Waals surface area contributed by atoms with Gasteiger partial charge in [-0.15, -0.1) is 11.3 Å². The Kier molecular flexibility index (Phi) is 4.48. The zero-order valence-electron chi connectivity index (χ0n) is 11.1. The van der Waals surface area contributed by atoms with Crippen LogP contribution in [0, 0.1) is 0 Å². The quantitative estimate of drug-likeness (QED) is 0.522. The lowest BCUT2D eigenvalue weighted by Crippen LogP contribution is -2.29. The van der Waals surface area contributed by atoms with Gasteiger partial charge in [0.25, 0.3) is 0 Å². The van der Waals surface area contributed by atoms with Gasteiger partial charge in [0, 0.05) is 5.56 Å². The Labute approximate surface area is 137 Å². The van der Waals surface area contributed by atoms with E-state index in [1.165, 1.54) is 27.7 Å². The minimum Gasteiger partial charge on any atom is -0.271 e. The number of hydrazine groups is 1. The van der Waals surface area contributed by atoms with Gasteiger partial charge in [-0.25, -0.2) is 0 Å². The molecule has 0 aliphatic carbocycles. The standard InChI is InChI=1S/C16H14Cl2N2S/c17-15-9-13(16(18)21-15)14(20-19)8-11-6-3-5-10-4-1-2-7-12(10)11/h1-7,9,14,20H,8,19H2. The molecule has 0 bridgehead atoms. The van der Waals surface area contributed by atoms with E-state index < -0.39 is 0 Å². The molecule has 0 radical (unpaired) electrons. The van der Waals surface area contributed by atoms with Crippen LogP contribution in [0.2, 0.25) is 8.67 Å². The molecule has 5 heteroatoms. The van der Waals surface area contributed by atoms with Gasteiger partial charge in [-0.1, -0.05) is 65.7 Å². The Balaban J connectivity index is 1.98. The first-order valence-electron chi connectivity index (χ1n) is 6.56. The van der Waals surface area contributed by atoms with Gasteiger partial charge in [-0.05, 0) is 28.8 Å². The number of nitrogens with two attached hydrogens (primary N) is 1. The summed E-state index contributed by atoms with van der Waals surface area (Å²) in [5.41, 5.74) is 5.03. The number of fused-ring (bicyclic) bond motifs is 1. The molecular formula is C16H14Cl2N2S. The number of rotatable bonds is 4. The molecule has 3 rings (SSSR count). The van der Waals surface area contributed by atoms with Crippen LogP contribution >= 0.6 is 34.5 Å². The van der Waals surface area contributed by atoms with Crippen LogP contribution in [0.25, 0.3) is 10.8 Å². The number of hydrogen-bond donors (Lipinski definition) is 2. The largest absolute Gasteiger partial charge is 0.271 e. The average Bonchev–Trinajstić information content (AvgIpc) is 2.83. The fraction of sp³-hybridized carbons (Fsp3) is 0.125. The van der Waals surface area contributed by atoms with Crippen LogP contribution in [-0.2, 0) is 6.42 Å². The molecule has 2 aromatic carbocycles. The first-order valence-corrected chi connectivity index (χ1v) is 8.14. The zero-order chi connectivity index (χ0) is 14.8. The minimum atomic E-state index is -0.0629. The normalized spacial score (nSPS) is 12.7. The minimum absolute atomic E-state index is 0.0629. The van der Waals surface area contributed by atoms with Gasteiger partial charge in [0.15, 0.2) is 0 Å². The lowest BCUT2D eigenvalue weighted by Gasteiger charge is -2.17. The van der Waals surface area contributed by atoms with Crippen LogP contribution < -0.4 is 11.3 Å². The van der Waals surface area contributed by atoms with E-state index in [4.69, 9.17) is 29.0 Å². The van der Waals surface area contributed by atoms with Gasteiger partial charge < -0.3 is 0 Å². The van der Waals surface area contributed by atoms with Crippen molar-refractivity contribution < 1.29 is 0 Å². The second-order valence-electron chi connectivity index (χ2n) is 4.84. The Hall–Kier alpha value is -1.10. The summed E-state index contributed by atoms with van der Waals surface area (Å²) in [6.07, 6.45) is 0.755. The summed E-state index contributed by atoms with van der Waals surface area (Å²) in [6.45, 7) is 0. The SMILES string of the molecule is NNC(Cc1cccc2ccccc12)c1cc(Cl)sc1Cl. The van der Waals surface area contributed by atoms with Crippen molar-refractivity contribution in [1.29, 1.82) is 0 Å². The van der Waals surface area contributed by atoms with E-state index in [9.17, 15) is 0 Å². The molecule has 0 saturated heterocycles. The Morgan fingerprint density at radius 2 is 1.86 bits per heavy atom. The van der Waals surface area contributed by atoms with E-state index >= 15 is 0 Å². The number of hydrogen-bond acceptors (Lipinski definition) is 3. The van der Waals surface area contributed by atoms with Crippen molar-refractivity contribution in [2.45, 2.75) is 12.5 Å². The molecule has 2 nitrogen and oxygen atoms in total. The topological polar surface area (TPSA) is 38.0 Å². The smallest absolute Gasteiger partial charge is 0.0992 e. The monoisotopic (exact) mass is 336 g/mol. The molecule has 21 heavy (non-hydrogen) atoms. The van der Waals surface area contributed by atoms with Gasteiger partial charge in [0.1, 0.15) is 0 Å². The molecule has 1 heterocycles. The van der Waals surface area contributed by atoms with E-state index in [1.807, 2.05) is 18.2 Å². The van der Waals surface area contributed by atoms with Gasteiger partial charge in [0.2, 0.25) is 0 Å². The highest BCUT2D eigenvalue weighted by Gasteiger charge is 2.17. The third-order valence-corrected chi connectivity index (χ3v) is 5.08. The molecule has 0 spiro atoms. The zero-order valence-corrected chi connectivity index (χ0v) is 13.5. The molecule has 0 fully saturated rings. The summed E-state index contributed by atoms with van der Waals surface area (Å²) in [5.74, 6) is 5.73. The van der Waals surface area contributed by atoms with Crippen molar-refractivity contribution in [3.05, 3.63) is 68.3 Å². The second-order valence-corrected chi connectivity index (χ2v) is 7.13. The first-order chi connectivity index (χ1) is 10.2. The highest BCUT2D eigenvalue weighted by molar-refractivity contribution is 7.20. The summed E-state index contributed by atoms with van der Waals surface area (Å²) < 4.78 is 1.36. The highest BCUT2D eigenvalue weighted by atomic mass is 35.5. The van der Waals surface area contributed by atoms with Crippen molar-refractivity contribution in [3.8, 4) is 0 Å². The van der Waals surface area contributed by atoms with Gasteiger partial charge >= 0.3 is 0 Å². The number of thiophene rings is 1. The Morgan fingerprint density at radius 3 is 2.57 bits per heavy atom. The van der Waals surface area contributed by atoms with Crippen LogP contribution in [0.1, 0.15) is 17.2 Å². The molecule has 1 atom stereocenters. The lowest BCUT2D eigenvalue weighted by atomic mass is 9.96. The Morgan fingerprint density at radius 1 is 1.10 bits per heavy atom. The van der Waals surface area contributed by atoms with Gasteiger partial charge in [-0.2, -0.15) is 0 Å². The molecule has 0 amide bonds. The van der Waals surface area contributed by atoms with E-state index in [1.54, 1.807) is 0 Å². The molecule has 0 aliphatic heterocycles. The maximum atomic E-state index is 6.24. The molecular weight excluding hydrogens is 323 g/mol. The predicted octanol–water partition coefficient (Wildman–Crippen LogP) is 4.96. The fourth-order valence-electron chi connectivity index (χ4n) is 2.54. The molecule has 108 valence electrons. The molecule has 3 N–H and O–H groups in total. The van der Waals surface area contributed by atoms with Gasteiger partial charge in [-0.3, -0.25) is 11.3 Å². The molecule has 0 aliphatic rings. The van der Waals surface area contributed by atoms with Crippen molar-refractivity contribution in [2.75, 3.05) is 0 Å². The summed E-state index contributed by atoms with van der Waals surface area (Å²) in [6, 6.07) is 16.4. The summed E-state index contributed by atoms with van der Waals surface area (Å²) in [5, 5.41) is 2.46. The van der Waals surface area contributed by atoms with Crippen LogP contribution in [0.5, 0.6) is 0 Å². The predicted molar refractivity (Wildman–Crippen MR) is 92.1 cm³/mol. The molecule has 1 aromatic heterocycles. The van der Waals surface area contributed by atoms with Gasteiger partial charge in [0.05, 0.1) is 14.7 Å². The maximum Gasteiger partial charge on any atom is 0.0992 e. The third-order valence-electron chi connectivity index (χ3n) is 3.56. The number of benzene rings is 2. The van der Waals surface area contributed by atoms with E-state index in [-0.39, 0.29) is 6.04 Å². The van der Waals surface area contributed by atoms with Crippen molar-refractivity contribution >= 4 is 45.3 Å². The first kappa shape index (κ1) is 14.8. The van der Waals surface area contributed by atoms with Crippen LogP contribution in [-0.4, -0.2) is 0 Å². The highest BCUT2D eigenvalue weighted by Crippen LogP contribution is 2.36. The third kappa shape index (κ3) is 3.07. The molecule has 1 unspecified atom stereocenters. The van der Waals surface area contributed by atoms with Crippen LogP contribution in [0.4, 0.5) is 0 Å². The Bertz CT molecular complexity index is 765. The van der Waals surface area contributed by atoms with E-state index in [0.717, 1.165) is 12.0 Å². The van der Waals surface area contributed by atoms with Crippen molar-refractivity contribution in [3.63, 3.8) is 0 Å². The van der Waals surface area contributed by atoms with Crippen molar-refractivity contribution in [1.82, 2.24) is 5.43 Å². The van der Waals surface area contributed by atoms with E-state index in [2.05, 4.69) is 35.8 Å². The molecule has 0 saturated carbocycles. The lowest BCUT2D eigenvalue weighted by molar-refractivity contribution is 0.555. The number of halogens is 2. The maximum absolute atomic E-state index is 6.24. The summed E-state index contributed by atoms with van der Waals surface area (Å²) in [4.78, 5) is 0. The number of nitrogens with one attached hydrogen (secondary N) is 1. The fourth-order valence-corrected chi connectivity index (χ4v) is 4.12. The average molecular weight is 337 g/mol. The van der Waals surface area contributed by atoms with Crippen molar-refractivity contribution in [2.24, 2.45) is 5.84 Å². The van der Waals surface area contributed by atoms with E-state index in [0.29, 0.717) is 8.67 Å². The molecule has 3 aromatic rings. The van der Waals surface area contributed by atoms with Crippen LogP contribution in [0.15, 0.2) is 48.5 Å². The summed E-state index contributed by atoms with van der Waals surface area (Å²) in [7, 11) is 0. The second kappa shape index (κ2) is 6.34.